The molecule has 2 bridgehead atoms. The Labute approximate surface area is 129 Å². The first kappa shape index (κ1) is 15.0. The first-order valence-corrected chi connectivity index (χ1v) is 7.38. The van der Waals surface area contributed by atoms with Crippen molar-refractivity contribution in [2.24, 2.45) is 13.0 Å². The van der Waals surface area contributed by atoms with Gasteiger partial charge in [0, 0.05) is 33.4 Å². The van der Waals surface area contributed by atoms with Gasteiger partial charge in [0.05, 0.1) is 43.6 Å². The van der Waals surface area contributed by atoms with E-state index < -0.39 is 0 Å². The molecule has 2 saturated heterocycles. The number of carbonyl (C=O) groups excluding carboxylic acids is 2. The fourth-order valence-corrected chi connectivity index (χ4v) is 3.01. The minimum atomic E-state index is -0.191. The number of hydrogen-bond acceptors (Lipinski definition) is 5. The largest absolute Gasteiger partial charge is 0.378 e. The van der Waals surface area contributed by atoms with Crippen molar-refractivity contribution in [3.63, 3.8) is 0 Å². The minimum Gasteiger partial charge on any atom is -0.378 e. The Bertz CT molecular complexity index is 573. The van der Waals surface area contributed by atoms with Crippen LogP contribution in [0.25, 0.3) is 0 Å². The van der Waals surface area contributed by atoms with Gasteiger partial charge in [0.15, 0.2) is 0 Å². The number of rotatable bonds is 3. The summed E-state index contributed by atoms with van der Waals surface area (Å²) < 4.78 is 7.19. The summed E-state index contributed by atoms with van der Waals surface area (Å²) in [6.45, 7) is 2.43. The molecule has 2 aliphatic rings. The molecule has 0 spiro atoms. The van der Waals surface area contributed by atoms with Crippen LogP contribution in [0.15, 0.2) is 12.4 Å². The summed E-state index contributed by atoms with van der Waals surface area (Å²) in [6.07, 6.45) is 3.36. The molecule has 2 amide bonds. The van der Waals surface area contributed by atoms with Crippen LogP contribution in [0.1, 0.15) is 0 Å². The van der Waals surface area contributed by atoms with E-state index in [1.165, 1.54) is 0 Å². The summed E-state index contributed by atoms with van der Waals surface area (Å²) in [5.41, 5.74) is 0.680. The molecule has 2 aliphatic heterocycles. The molecule has 0 saturated carbocycles. The molecule has 3 heterocycles. The summed E-state index contributed by atoms with van der Waals surface area (Å²) in [6, 6.07) is 0.00573. The van der Waals surface area contributed by atoms with E-state index in [4.69, 9.17) is 4.74 Å². The second-order valence-corrected chi connectivity index (χ2v) is 5.98. The summed E-state index contributed by atoms with van der Waals surface area (Å²) >= 11 is 0. The second-order valence-electron chi connectivity index (χ2n) is 5.98. The molecule has 8 nitrogen and oxygen atoms in total. The molecule has 1 aromatic heterocycles. The molecular weight excluding hydrogens is 286 g/mol. The van der Waals surface area contributed by atoms with Crippen LogP contribution < -0.4 is 5.32 Å². The number of aromatic nitrogens is 2. The summed E-state index contributed by atoms with van der Waals surface area (Å²) in [5.74, 6) is -0.176. The lowest BCUT2D eigenvalue weighted by atomic mass is 10.1. The van der Waals surface area contributed by atoms with Crippen molar-refractivity contribution < 1.29 is 14.3 Å². The van der Waals surface area contributed by atoms with Crippen molar-refractivity contribution >= 4 is 17.5 Å². The van der Waals surface area contributed by atoms with Crippen molar-refractivity contribution in [3.8, 4) is 0 Å². The Morgan fingerprint density at radius 1 is 1.41 bits per heavy atom. The van der Waals surface area contributed by atoms with Crippen LogP contribution in [0.4, 0.5) is 5.69 Å². The van der Waals surface area contributed by atoms with Gasteiger partial charge in [-0.25, -0.2) is 0 Å². The average molecular weight is 307 g/mol. The van der Waals surface area contributed by atoms with Gasteiger partial charge in [-0.2, -0.15) is 5.10 Å². The zero-order valence-corrected chi connectivity index (χ0v) is 12.9. The van der Waals surface area contributed by atoms with Crippen LogP contribution in [0.3, 0.4) is 0 Å². The van der Waals surface area contributed by atoms with Crippen molar-refractivity contribution in [2.45, 2.75) is 6.04 Å². The maximum atomic E-state index is 12.3. The fraction of sp³-hybridized carbons (Fsp3) is 0.643. The Morgan fingerprint density at radius 3 is 2.95 bits per heavy atom. The van der Waals surface area contributed by atoms with E-state index in [2.05, 4.69) is 10.4 Å². The zero-order valence-electron chi connectivity index (χ0n) is 12.9. The molecule has 0 radical (unpaired) electrons. The van der Waals surface area contributed by atoms with E-state index in [0.29, 0.717) is 32.0 Å². The quantitative estimate of drug-likeness (QED) is 0.787. The predicted molar refractivity (Wildman–Crippen MR) is 79.1 cm³/mol. The topological polar surface area (TPSA) is 79.7 Å². The maximum Gasteiger partial charge on any atom is 0.238 e. The number of aryl methyl sites for hydroxylation is 1. The van der Waals surface area contributed by atoms with Gasteiger partial charge in [-0.05, 0) is 0 Å². The molecule has 22 heavy (non-hydrogen) atoms. The van der Waals surface area contributed by atoms with Crippen LogP contribution in [0.2, 0.25) is 0 Å². The first-order valence-electron chi connectivity index (χ1n) is 7.38. The number of ether oxygens (including phenoxy) is 1. The number of nitrogens with one attached hydrogen (secondary N) is 1. The summed E-state index contributed by atoms with van der Waals surface area (Å²) in [5, 5.41) is 6.84. The fourth-order valence-electron chi connectivity index (χ4n) is 3.01. The SMILES string of the molecule is CN1C(=O)[C@H]2COC[C@@H]1CN(CC(=O)Nc1cnn(C)c1)C2. The zero-order chi connectivity index (χ0) is 15.7. The smallest absolute Gasteiger partial charge is 0.238 e. The Kier molecular flexibility index (Phi) is 4.12. The molecule has 1 N–H and O–H groups in total. The van der Waals surface area contributed by atoms with Crippen molar-refractivity contribution in [1.82, 2.24) is 19.6 Å². The molecule has 120 valence electrons. The number of amides is 2. The molecular formula is C14H21N5O3. The highest BCUT2D eigenvalue weighted by Crippen LogP contribution is 2.19. The lowest BCUT2D eigenvalue weighted by molar-refractivity contribution is -0.134. The second kappa shape index (κ2) is 6.05. The standard InChI is InChI=1S/C14H21N5O3/c1-17-5-11(3-15-17)16-13(20)7-19-4-10-8-22-9-12(6-19)18(2)14(10)21/h3,5,10,12H,4,6-9H2,1-2H3,(H,16,20)/t10-,12+/m1/s1. The van der Waals surface area contributed by atoms with E-state index >= 15 is 0 Å². The van der Waals surface area contributed by atoms with Crippen molar-refractivity contribution in [2.75, 3.05) is 45.2 Å². The van der Waals surface area contributed by atoms with E-state index in [1.54, 1.807) is 29.0 Å². The molecule has 1 aromatic rings. The summed E-state index contributed by atoms with van der Waals surface area (Å²) in [7, 11) is 3.61. The van der Waals surface area contributed by atoms with Gasteiger partial charge in [-0.3, -0.25) is 19.2 Å². The highest BCUT2D eigenvalue weighted by atomic mass is 16.5. The lowest BCUT2D eigenvalue weighted by Crippen LogP contribution is -2.45. The van der Waals surface area contributed by atoms with Gasteiger partial charge < -0.3 is 15.0 Å². The molecule has 0 unspecified atom stereocenters. The summed E-state index contributed by atoms with van der Waals surface area (Å²) in [4.78, 5) is 28.2. The molecule has 0 aliphatic carbocycles. The van der Waals surface area contributed by atoms with E-state index in [1.807, 2.05) is 11.9 Å². The number of carbonyl (C=O) groups is 2. The monoisotopic (exact) mass is 307 g/mol. The van der Waals surface area contributed by atoms with Gasteiger partial charge in [0.2, 0.25) is 11.8 Å². The Morgan fingerprint density at radius 2 is 2.23 bits per heavy atom. The van der Waals surface area contributed by atoms with E-state index in [0.717, 1.165) is 0 Å². The number of hydrogen-bond donors (Lipinski definition) is 1. The van der Waals surface area contributed by atoms with E-state index in [-0.39, 0.29) is 30.3 Å². The van der Waals surface area contributed by atoms with Crippen molar-refractivity contribution in [3.05, 3.63) is 12.4 Å². The minimum absolute atomic E-state index is 0.00573. The Balaban J connectivity index is 1.63. The molecule has 3 rings (SSSR count). The van der Waals surface area contributed by atoms with Gasteiger partial charge in [-0.15, -0.1) is 0 Å². The number of likely N-dealkylation sites (N-methyl/N-ethyl adjacent to an activating group) is 1. The van der Waals surface area contributed by atoms with Gasteiger partial charge >= 0.3 is 0 Å². The number of fused-ring (bicyclic) bond motifs is 3. The predicted octanol–water partition coefficient (Wildman–Crippen LogP) is -0.852. The van der Waals surface area contributed by atoms with Crippen molar-refractivity contribution in [1.29, 1.82) is 0 Å². The average Bonchev–Trinajstić information content (AvgIpc) is 2.75. The third-order valence-electron chi connectivity index (χ3n) is 4.18. The highest BCUT2D eigenvalue weighted by molar-refractivity contribution is 5.92. The molecule has 2 atom stereocenters. The Hall–Kier alpha value is -1.93. The van der Waals surface area contributed by atoms with Gasteiger partial charge in [-0.1, -0.05) is 0 Å². The highest BCUT2D eigenvalue weighted by Gasteiger charge is 2.37. The van der Waals surface area contributed by atoms with Crippen LogP contribution in [0.5, 0.6) is 0 Å². The maximum absolute atomic E-state index is 12.3. The van der Waals surface area contributed by atoms with Crippen LogP contribution in [0, 0.1) is 5.92 Å². The third kappa shape index (κ3) is 3.12. The normalized spacial score (nSPS) is 25.9. The van der Waals surface area contributed by atoms with Crippen LogP contribution in [-0.2, 0) is 21.4 Å². The number of nitrogens with zero attached hydrogens (tertiary/aromatic N) is 4. The van der Waals surface area contributed by atoms with Crippen LogP contribution >= 0.6 is 0 Å². The molecule has 8 heteroatoms. The van der Waals surface area contributed by atoms with Gasteiger partial charge in [0.25, 0.3) is 0 Å². The van der Waals surface area contributed by atoms with Gasteiger partial charge in [0.1, 0.15) is 0 Å². The third-order valence-corrected chi connectivity index (χ3v) is 4.18. The van der Waals surface area contributed by atoms with Crippen LogP contribution in [-0.4, -0.2) is 77.3 Å². The lowest BCUT2D eigenvalue weighted by Gasteiger charge is -2.28. The molecule has 2 fully saturated rings. The number of anilines is 1. The first-order chi connectivity index (χ1) is 10.5. The van der Waals surface area contributed by atoms with E-state index in [9.17, 15) is 9.59 Å². The molecule has 0 aromatic carbocycles.